The van der Waals surface area contributed by atoms with Gasteiger partial charge in [-0.3, -0.25) is 0 Å². The third-order valence-electron chi connectivity index (χ3n) is 2.73. The first-order chi connectivity index (χ1) is 8.66. The Kier molecular flexibility index (Phi) is 4.37. The molecule has 1 aromatic carbocycles. The van der Waals surface area contributed by atoms with E-state index in [2.05, 4.69) is 24.0 Å². The lowest BCUT2D eigenvalue weighted by molar-refractivity contribution is 0.433. The van der Waals surface area contributed by atoms with Crippen molar-refractivity contribution in [3.05, 3.63) is 47.7 Å². The van der Waals surface area contributed by atoms with E-state index in [0.717, 1.165) is 18.4 Å². The minimum absolute atomic E-state index is 0.369. The van der Waals surface area contributed by atoms with E-state index in [1.807, 2.05) is 30.3 Å². The Morgan fingerprint density at radius 1 is 1.17 bits per heavy atom. The largest absolute Gasteiger partial charge is 0.423 e. The monoisotopic (exact) mass is 264 g/mol. The molecule has 0 aliphatic heterocycles. The van der Waals surface area contributed by atoms with E-state index in [4.69, 9.17) is 16.0 Å². The smallest absolute Gasteiger partial charge is 0.238 e. The maximum Gasteiger partial charge on any atom is 0.238 e. The van der Waals surface area contributed by atoms with Gasteiger partial charge in [0.2, 0.25) is 11.8 Å². The molecule has 4 heteroatoms. The fourth-order valence-electron chi connectivity index (χ4n) is 1.65. The van der Waals surface area contributed by atoms with Gasteiger partial charge >= 0.3 is 0 Å². The van der Waals surface area contributed by atoms with E-state index in [-0.39, 0.29) is 5.38 Å². The highest BCUT2D eigenvalue weighted by molar-refractivity contribution is 6.22. The Morgan fingerprint density at radius 3 is 2.56 bits per heavy atom. The molecule has 0 radical (unpaired) electrons. The third kappa shape index (κ3) is 3.33. The number of hydrogen-bond donors (Lipinski definition) is 0. The second kappa shape index (κ2) is 6.01. The summed E-state index contributed by atoms with van der Waals surface area (Å²) in [5, 5.41) is 7.69. The molecule has 0 fully saturated rings. The summed E-state index contributed by atoms with van der Waals surface area (Å²) in [5.41, 5.74) is 0.971. The van der Waals surface area contributed by atoms with Crippen LogP contribution in [-0.4, -0.2) is 10.2 Å². The van der Waals surface area contributed by atoms with E-state index in [1.165, 1.54) is 0 Å². The van der Waals surface area contributed by atoms with E-state index < -0.39 is 0 Å². The highest BCUT2D eigenvalue weighted by Crippen LogP contribution is 2.27. The van der Waals surface area contributed by atoms with Gasteiger partial charge in [-0.1, -0.05) is 44.2 Å². The van der Waals surface area contributed by atoms with Crippen LogP contribution < -0.4 is 0 Å². The van der Waals surface area contributed by atoms with Gasteiger partial charge in [-0.2, -0.15) is 0 Å². The first kappa shape index (κ1) is 13.1. The molecular formula is C14H17ClN2O. The molecule has 2 rings (SSSR count). The topological polar surface area (TPSA) is 38.9 Å². The van der Waals surface area contributed by atoms with Crippen LogP contribution >= 0.6 is 11.6 Å². The lowest BCUT2D eigenvalue weighted by Gasteiger charge is -2.04. The average molecular weight is 265 g/mol. The number of rotatable bonds is 5. The van der Waals surface area contributed by atoms with Crippen LogP contribution in [0.3, 0.4) is 0 Å². The molecule has 0 N–H and O–H groups in total. The van der Waals surface area contributed by atoms with Crippen LogP contribution in [-0.2, 0) is 6.42 Å². The number of benzene rings is 1. The van der Waals surface area contributed by atoms with Crippen LogP contribution in [0.5, 0.6) is 0 Å². The van der Waals surface area contributed by atoms with Crippen molar-refractivity contribution in [1.29, 1.82) is 0 Å². The molecule has 0 amide bonds. The normalized spacial score (nSPS) is 12.9. The van der Waals surface area contributed by atoms with Crippen molar-refractivity contribution in [1.82, 2.24) is 10.2 Å². The van der Waals surface area contributed by atoms with Crippen LogP contribution in [0, 0.1) is 5.92 Å². The molecular weight excluding hydrogens is 248 g/mol. The van der Waals surface area contributed by atoms with Crippen molar-refractivity contribution in [2.24, 2.45) is 5.92 Å². The van der Waals surface area contributed by atoms with Crippen molar-refractivity contribution < 1.29 is 4.42 Å². The molecule has 18 heavy (non-hydrogen) atoms. The standard InChI is InChI=1S/C14H17ClN2O/c1-10(2)8-9-12-16-17-14(18-12)13(15)11-6-4-3-5-7-11/h3-7,10,13H,8-9H2,1-2H3. The van der Waals surface area contributed by atoms with E-state index in [1.54, 1.807) is 0 Å². The first-order valence-corrected chi connectivity index (χ1v) is 6.61. The van der Waals surface area contributed by atoms with Gasteiger partial charge in [-0.05, 0) is 17.9 Å². The Bertz CT molecular complexity index is 482. The summed E-state index contributed by atoms with van der Waals surface area (Å²) in [5.74, 6) is 1.77. The predicted octanol–water partition coefficient (Wildman–Crippen LogP) is 3.99. The Labute approximate surface area is 112 Å². The number of nitrogens with zero attached hydrogens (tertiary/aromatic N) is 2. The van der Waals surface area contributed by atoms with Gasteiger partial charge in [-0.25, -0.2) is 0 Å². The average Bonchev–Trinajstić information content (AvgIpc) is 2.85. The summed E-state index contributed by atoms with van der Waals surface area (Å²) in [6, 6.07) is 9.75. The lowest BCUT2D eigenvalue weighted by atomic mass is 10.1. The summed E-state index contributed by atoms with van der Waals surface area (Å²) in [6.45, 7) is 4.34. The molecule has 2 aromatic rings. The molecule has 0 spiro atoms. The fraction of sp³-hybridized carbons (Fsp3) is 0.429. The maximum atomic E-state index is 6.31. The second-order valence-electron chi connectivity index (χ2n) is 4.74. The van der Waals surface area contributed by atoms with Gasteiger partial charge in [-0.15, -0.1) is 21.8 Å². The second-order valence-corrected chi connectivity index (χ2v) is 5.18. The molecule has 1 unspecified atom stereocenters. The zero-order valence-electron chi connectivity index (χ0n) is 10.6. The molecule has 3 nitrogen and oxygen atoms in total. The predicted molar refractivity (Wildman–Crippen MR) is 71.6 cm³/mol. The van der Waals surface area contributed by atoms with Gasteiger partial charge in [0, 0.05) is 6.42 Å². The number of aryl methyl sites for hydroxylation is 1. The van der Waals surface area contributed by atoms with Crippen molar-refractivity contribution in [3.63, 3.8) is 0 Å². The zero-order valence-corrected chi connectivity index (χ0v) is 11.4. The number of aromatic nitrogens is 2. The molecule has 0 bridgehead atoms. The van der Waals surface area contributed by atoms with Gasteiger partial charge < -0.3 is 4.42 Å². The van der Waals surface area contributed by atoms with Crippen molar-refractivity contribution in [2.75, 3.05) is 0 Å². The Balaban J connectivity index is 2.06. The third-order valence-corrected chi connectivity index (χ3v) is 3.17. The maximum absolute atomic E-state index is 6.31. The molecule has 0 saturated heterocycles. The van der Waals surface area contributed by atoms with Crippen molar-refractivity contribution in [2.45, 2.75) is 32.1 Å². The summed E-state index contributed by atoms with van der Waals surface area (Å²) in [4.78, 5) is 0. The minimum atomic E-state index is -0.369. The van der Waals surface area contributed by atoms with Crippen LogP contribution in [0.2, 0.25) is 0 Å². The van der Waals surface area contributed by atoms with Crippen LogP contribution in [0.4, 0.5) is 0 Å². The fourth-order valence-corrected chi connectivity index (χ4v) is 1.88. The lowest BCUT2D eigenvalue weighted by Crippen LogP contribution is -1.93. The quantitative estimate of drug-likeness (QED) is 0.767. The summed E-state index contributed by atoms with van der Waals surface area (Å²) >= 11 is 6.31. The Morgan fingerprint density at radius 2 is 1.89 bits per heavy atom. The molecule has 0 aliphatic carbocycles. The molecule has 1 aromatic heterocycles. The minimum Gasteiger partial charge on any atom is -0.423 e. The summed E-state index contributed by atoms with van der Waals surface area (Å²) in [6.07, 6.45) is 1.85. The Hall–Kier alpha value is -1.35. The van der Waals surface area contributed by atoms with Gasteiger partial charge in [0.15, 0.2) is 0 Å². The SMILES string of the molecule is CC(C)CCc1nnc(C(Cl)c2ccccc2)o1. The van der Waals surface area contributed by atoms with E-state index in [0.29, 0.717) is 17.7 Å². The molecule has 1 atom stereocenters. The van der Waals surface area contributed by atoms with Gasteiger partial charge in [0.25, 0.3) is 0 Å². The van der Waals surface area contributed by atoms with Crippen molar-refractivity contribution >= 4 is 11.6 Å². The van der Waals surface area contributed by atoms with Crippen LogP contribution in [0.25, 0.3) is 0 Å². The zero-order chi connectivity index (χ0) is 13.0. The van der Waals surface area contributed by atoms with Gasteiger partial charge in [0.05, 0.1) is 0 Å². The van der Waals surface area contributed by atoms with Crippen molar-refractivity contribution in [3.8, 4) is 0 Å². The molecule has 1 heterocycles. The van der Waals surface area contributed by atoms with E-state index >= 15 is 0 Å². The molecule has 0 aliphatic rings. The van der Waals surface area contributed by atoms with Gasteiger partial charge in [0.1, 0.15) is 5.38 Å². The van der Waals surface area contributed by atoms with Crippen LogP contribution in [0.1, 0.15) is 43.0 Å². The van der Waals surface area contributed by atoms with E-state index in [9.17, 15) is 0 Å². The molecule has 0 saturated carbocycles. The first-order valence-electron chi connectivity index (χ1n) is 6.18. The highest BCUT2D eigenvalue weighted by Gasteiger charge is 2.17. The van der Waals surface area contributed by atoms with Crippen LogP contribution in [0.15, 0.2) is 34.7 Å². The number of halogens is 1. The summed E-state index contributed by atoms with van der Waals surface area (Å²) in [7, 11) is 0. The molecule has 96 valence electrons. The highest BCUT2D eigenvalue weighted by atomic mass is 35.5. The summed E-state index contributed by atoms with van der Waals surface area (Å²) < 4.78 is 5.60. The number of hydrogen-bond acceptors (Lipinski definition) is 3. The number of alkyl halides is 1.